The second-order valence-corrected chi connectivity index (χ2v) is 6.10. The second kappa shape index (κ2) is 4.35. The van der Waals surface area contributed by atoms with Gasteiger partial charge in [0.15, 0.2) is 0 Å². The van der Waals surface area contributed by atoms with Gasteiger partial charge in [-0.3, -0.25) is 0 Å². The molecule has 2 aliphatic carbocycles. The number of benzene rings is 1. The molecule has 2 nitrogen and oxygen atoms in total. The molecule has 0 amide bonds. The largest absolute Gasteiger partial charge is 0.388 e. The fraction of sp³-hybridized carbons (Fsp3) is 0.588. The molecule has 1 fully saturated rings. The van der Waals surface area contributed by atoms with Crippen molar-refractivity contribution in [1.29, 1.82) is 5.26 Å². The molecule has 100 valence electrons. The average Bonchev–Trinajstić information content (AvgIpc) is 3.01. The Kier molecular flexibility index (Phi) is 2.91. The van der Waals surface area contributed by atoms with Crippen LogP contribution in [-0.4, -0.2) is 10.7 Å². The Bertz CT molecular complexity index is 532. The lowest BCUT2D eigenvalue weighted by Gasteiger charge is -2.42. The van der Waals surface area contributed by atoms with Crippen molar-refractivity contribution in [2.24, 2.45) is 5.92 Å². The molecular formula is C17H21NO. The zero-order valence-electron chi connectivity index (χ0n) is 11.5. The van der Waals surface area contributed by atoms with Crippen LogP contribution in [0, 0.1) is 17.2 Å². The molecule has 0 radical (unpaired) electrons. The molecule has 2 aliphatic rings. The van der Waals surface area contributed by atoms with Gasteiger partial charge in [-0.2, -0.15) is 5.26 Å². The van der Waals surface area contributed by atoms with Gasteiger partial charge in [-0.05, 0) is 42.7 Å². The molecule has 0 aromatic heterocycles. The summed E-state index contributed by atoms with van der Waals surface area (Å²) in [4.78, 5) is 0. The van der Waals surface area contributed by atoms with E-state index in [0.717, 1.165) is 44.1 Å². The van der Waals surface area contributed by atoms with E-state index in [4.69, 9.17) is 0 Å². The molecule has 2 heteroatoms. The Balaban J connectivity index is 2.14. The van der Waals surface area contributed by atoms with E-state index >= 15 is 0 Å². The van der Waals surface area contributed by atoms with Gasteiger partial charge in [0.25, 0.3) is 0 Å². The summed E-state index contributed by atoms with van der Waals surface area (Å²) >= 11 is 0. The summed E-state index contributed by atoms with van der Waals surface area (Å²) in [5.41, 5.74) is 0.823. The summed E-state index contributed by atoms with van der Waals surface area (Å²) in [5, 5.41) is 21.2. The van der Waals surface area contributed by atoms with E-state index in [2.05, 4.69) is 25.1 Å². The first-order valence-corrected chi connectivity index (χ1v) is 7.40. The van der Waals surface area contributed by atoms with E-state index in [0.29, 0.717) is 0 Å². The molecule has 0 heterocycles. The van der Waals surface area contributed by atoms with Gasteiger partial charge in [-0.25, -0.2) is 0 Å². The zero-order valence-corrected chi connectivity index (χ0v) is 11.5. The van der Waals surface area contributed by atoms with Crippen LogP contribution in [0.15, 0.2) is 24.3 Å². The van der Waals surface area contributed by atoms with E-state index in [1.54, 1.807) is 0 Å². The van der Waals surface area contributed by atoms with E-state index in [-0.39, 0.29) is 5.92 Å². The van der Waals surface area contributed by atoms with Crippen molar-refractivity contribution >= 4 is 0 Å². The van der Waals surface area contributed by atoms with Gasteiger partial charge in [0, 0.05) is 0 Å². The number of aliphatic hydroxyl groups is 1. The normalized spacial score (nSPS) is 37.0. The molecular weight excluding hydrogens is 234 g/mol. The average molecular weight is 255 g/mol. The van der Waals surface area contributed by atoms with E-state index in [1.807, 2.05) is 12.1 Å². The summed E-state index contributed by atoms with van der Waals surface area (Å²) in [7, 11) is 0. The number of hydrogen-bond donors (Lipinski definition) is 1. The first-order chi connectivity index (χ1) is 9.18. The van der Waals surface area contributed by atoms with Crippen LogP contribution in [-0.2, 0) is 11.8 Å². The molecule has 1 aromatic rings. The summed E-state index contributed by atoms with van der Waals surface area (Å²) in [6, 6.07) is 10.7. The number of aryl methyl sites for hydroxylation is 1. The molecule has 1 N–H and O–H groups in total. The van der Waals surface area contributed by atoms with Gasteiger partial charge in [0.2, 0.25) is 0 Å². The highest BCUT2D eigenvalue weighted by Gasteiger charge is 2.59. The molecule has 0 saturated heterocycles. The van der Waals surface area contributed by atoms with Crippen molar-refractivity contribution in [3.63, 3.8) is 0 Å². The highest BCUT2D eigenvalue weighted by Crippen LogP contribution is 2.55. The number of nitriles is 1. The van der Waals surface area contributed by atoms with Gasteiger partial charge in [-0.1, -0.05) is 44.0 Å². The quantitative estimate of drug-likeness (QED) is 0.881. The molecule has 1 saturated carbocycles. The van der Waals surface area contributed by atoms with E-state index in [9.17, 15) is 10.4 Å². The van der Waals surface area contributed by atoms with Crippen LogP contribution in [0.1, 0.15) is 50.2 Å². The van der Waals surface area contributed by atoms with Crippen molar-refractivity contribution in [3.8, 4) is 6.07 Å². The van der Waals surface area contributed by atoms with Crippen molar-refractivity contribution in [3.05, 3.63) is 35.4 Å². The Labute approximate surface area is 115 Å². The molecule has 3 unspecified atom stereocenters. The minimum Gasteiger partial charge on any atom is -0.388 e. The maximum Gasteiger partial charge on any atom is 0.112 e. The lowest BCUT2D eigenvalue weighted by molar-refractivity contribution is -0.0514. The van der Waals surface area contributed by atoms with Crippen molar-refractivity contribution < 1.29 is 5.11 Å². The minimum atomic E-state index is -0.830. The Hall–Kier alpha value is -1.33. The summed E-state index contributed by atoms with van der Waals surface area (Å²) in [6.45, 7) is 2.13. The molecule has 19 heavy (non-hydrogen) atoms. The first-order valence-electron chi connectivity index (χ1n) is 7.40. The monoisotopic (exact) mass is 255 g/mol. The summed E-state index contributed by atoms with van der Waals surface area (Å²) < 4.78 is 0. The third kappa shape index (κ3) is 1.51. The Morgan fingerprint density at radius 1 is 1.37 bits per heavy atom. The number of fused-ring (bicyclic) bond motifs is 1. The van der Waals surface area contributed by atoms with Crippen LogP contribution in [0.5, 0.6) is 0 Å². The Morgan fingerprint density at radius 3 is 2.89 bits per heavy atom. The van der Waals surface area contributed by atoms with Gasteiger partial charge in [0.05, 0.1) is 11.7 Å². The minimum absolute atomic E-state index is 0.262. The van der Waals surface area contributed by atoms with Gasteiger partial charge in [0.1, 0.15) is 5.41 Å². The highest BCUT2D eigenvalue weighted by molar-refractivity contribution is 5.48. The Morgan fingerprint density at radius 2 is 2.16 bits per heavy atom. The first kappa shape index (κ1) is 12.7. The van der Waals surface area contributed by atoms with Crippen molar-refractivity contribution in [2.75, 3.05) is 0 Å². The zero-order chi connectivity index (χ0) is 13.5. The maximum absolute atomic E-state index is 11.3. The van der Waals surface area contributed by atoms with Crippen LogP contribution in [0.25, 0.3) is 0 Å². The van der Waals surface area contributed by atoms with Crippen LogP contribution in [0.3, 0.4) is 0 Å². The summed E-state index contributed by atoms with van der Waals surface area (Å²) in [5.74, 6) is 0.262. The smallest absolute Gasteiger partial charge is 0.112 e. The number of hydrogen-bond acceptors (Lipinski definition) is 2. The molecule has 1 aromatic carbocycles. The van der Waals surface area contributed by atoms with Crippen LogP contribution >= 0.6 is 0 Å². The molecule has 0 bridgehead atoms. The topological polar surface area (TPSA) is 44.0 Å². The van der Waals surface area contributed by atoms with Crippen LogP contribution in [0.4, 0.5) is 0 Å². The van der Waals surface area contributed by atoms with Gasteiger partial charge in [-0.15, -0.1) is 0 Å². The predicted molar refractivity (Wildman–Crippen MR) is 74.6 cm³/mol. The third-order valence-corrected chi connectivity index (χ3v) is 5.46. The van der Waals surface area contributed by atoms with Crippen LogP contribution in [0.2, 0.25) is 0 Å². The molecule has 0 spiro atoms. The van der Waals surface area contributed by atoms with E-state index in [1.165, 1.54) is 5.56 Å². The fourth-order valence-electron chi connectivity index (χ4n) is 4.44. The number of nitrogens with zero attached hydrogens (tertiary/aromatic N) is 1. The SMILES string of the molecule is CCC1CCCC1(O)C1(C#N)CCc2ccccc21. The lowest BCUT2D eigenvalue weighted by atomic mass is 9.64. The van der Waals surface area contributed by atoms with Crippen molar-refractivity contribution in [1.82, 2.24) is 0 Å². The predicted octanol–water partition coefficient (Wildman–Crippen LogP) is 3.34. The standard InChI is InChI=1S/C17H21NO/c1-2-14-7-5-10-17(14,19)16(12-18)11-9-13-6-3-4-8-15(13)16/h3-4,6,8,14,19H,2,5,7,9-11H2,1H3. The number of rotatable bonds is 2. The maximum atomic E-state index is 11.3. The second-order valence-electron chi connectivity index (χ2n) is 6.10. The summed E-state index contributed by atoms with van der Waals surface area (Å²) in [6.07, 6.45) is 5.52. The van der Waals surface area contributed by atoms with Gasteiger partial charge >= 0.3 is 0 Å². The van der Waals surface area contributed by atoms with Crippen molar-refractivity contribution in [2.45, 2.75) is 56.5 Å². The van der Waals surface area contributed by atoms with Crippen LogP contribution < -0.4 is 0 Å². The molecule has 3 atom stereocenters. The lowest BCUT2D eigenvalue weighted by Crippen LogP contribution is -2.52. The van der Waals surface area contributed by atoms with Gasteiger partial charge < -0.3 is 5.11 Å². The van der Waals surface area contributed by atoms with E-state index < -0.39 is 11.0 Å². The fourth-order valence-corrected chi connectivity index (χ4v) is 4.44. The molecule has 3 rings (SSSR count). The third-order valence-electron chi connectivity index (χ3n) is 5.46. The highest BCUT2D eigenvalue weighted by atomic mass is 16.3. The molecule has 0 aliphatic heterocycles.